The Morgan fingerprint density at radius 3 is 2.39 bits per heavy atom. The topological polar surface area (TPSA) is 15.3 Å². The Labute approximate surface area is 114 Å². The minimum Gasteiger partial charge on any atom is -0.314 e. The molecule has 2 rings (SSSR count). The van der Waals surface area contributed by atoms with Crippen molar-refractivity contribution in [2.24, 2.45) is 0 Å². The van der Waals surface area contributed by atoms with Crippen LogP contribution < -0.4 is 5.32 Å². The first-order chi connectivity index (χ1) is 8.85. The quantitative estimate of drug-likeness (QED) is 0.823. The number of hydrogen-bond donors (Lipinski definition) is 1. The number of nitrogens with one attached hydrogen (secondary N) is 1. The fourth-order valence-corrected chi connectivity index (χ4v) is 4.02. The summed E-state index contributed by atoms with van der Waals surface area (Å²) in [7, 11) is 0. The average molecular weight is 252 g/mol. The number of nitrogens with zero attached hydrogens (tertiary/aromatic N) is 1. The SMILES string of the molecule is CCNC1CCC(N2CCCCCC2CC)CC1. The van der Waals surface area contributed by atoms with Crippen LogP contribution in [0.15, 0.2) is 0 Å². The minimum atomic E-state index is 0.804. The van der Waals surface area contributed by atoms with Crippen molar-refractivity contribution < 1.29 is 0 Å². The molecule has 1 atom stereocenters. The fraction of sp³-hybridized carbons (Fsp3) is 1.00. The van der Waals surface area contributed by atoms with Gasteiger partial charge in [0.05, 0.1) is 0 Å². The maximum atomic E-state index is 3.63. The summed E-state index contributed by atoms with van der Waals surface area (Å²) in [6.07, 6.45) is 12.8. The Hall–Kier alpha value is -0.0800. The minimum absolute atomic E-state index is 0.804. The van der Waals surface area contributed by atoms with Crippen LogP contribution >= 0.6 is 0 Å². The molecule has 1 unspecified atom stereocenters. The monoisotopic (exact) mass is 252 g/mol. The van der Waals surface area contributed by atoms with Crippen molar-refractivity contribution in [1.82, 2.24) is 10.2 Å². The summed E-state index contributed by atoms with van der Waals surface area (Å²) in [5.74, 6) is 0. The largest absolute Gasteiger partial charge is 0.314 e. The van der Waals surface area contributed by atoms with Crippen molar-refractivity contribution in [2.75, 3.05) is 13.1 Å². The van der Waals surface area contributed by atoms with Crippen LogP contribution in [-0.4, -0.2) is 36.1 Å². The number of rotatable bonds is 4. The van der Waals surface area contributed by atoms with Gasteiger partial charge in [-0.2, -0.15) is 0 Å². The first-order valence-electron chi connectivity index (χ1n) is 8.34. The van der Waals surface area contributed by atoms with Gasteiger partial charge in [0.25, 0.3) is 0 Å². The molecule has 18 heavy (non-hydrogen) atoms. The molecule has 1 saturated heterocycles. The van der Waals surface area contributed by atoms with Crippen molar-refractivity contribution in [3.05, 3.63) is 0 Å². The molecule has 106 valence electrons. The van der Waals surface area contributed by atoms with Gasteiger partial charge in [0.15, 0.2) is 0 Å². The molecule has 0 bridgehead atoms. The summed E-state index contributed by atoms with van der Waals surface area (Å²) >= 11 is 0. The lowest BCUT2D eigenvalue weighted by Gasteiger charge is -2.40. The highest BCUT2D eigenvalue weighted by molar-refractivity contribution is 4.86. The van der Waals surface area contributed by atoms with Crippen LogP contribution in [0.1, 0.15) is 71.6 Å². The lowest BCUT2D eigenvalue weighted by Crippen LogP contribution is -2.46. The summed E-state index contributed by atoms with van der Waals surface area (Å²) in [4.78, 5) is 2.88. The van der Waals surface area contributed by atoms with Gasteiger partial charge >= 0.3 is 0 Å². The van der Waals surface area contributed by atoms with Crippen molar-refractivity contribution in [3.63, 3.8) is 0 Å². The van der Waals surface area contributed by atoms with Gasteiger partial charge in [-0.1, -0.05) is 26.7 Å². The molecule has 1 aliphatic heterocycles. The van der Waals surface area contributed by atoms with Gasteiger partial charge in [-0.3, -0.25) is 4.90 Å². The normalized spacial score (nSPS) is 35.3. The van der Waals surface area contributed by atoms with Crippen LogP contribution in [0.25, 0.3) is 0 Å². The Bertz CT molecular complexity index is 221. The maximum Gasteiger partial charge on any atom is 0.00993 e. The Kier molecular flexibility index (Phi) is 5.97. The zero-order valence-corrected chi connectivity index (χ0v) is 12.5. The van der Waals surface area contributed by atoms with E-state index < -0.39 is 0 Å². The lowest BCUT2D eigenvalue weighted by molar-refractivity contribution is 0.0960. The van der Waals surface area contributed by atoms with Crippen molar-refractivity contribution in [1.29, 1.82) is 0 Å². The molecule has 1 heterocycles. The molecule has 1 N–H and O–H groups in total. The summed E-state index contributed by atoms with van der Waals surface area (Å²) in [5.41, 5.74) is 0. The zero-order chi connectivity index (χ0) is 12.8. The number of likely N-dealkylation sites (tertiary alicyclic amines) is 1. The third kappa shape index (κ3) is 3.71. The number of hydrogen-bond acceptors (Lipinski definition) is 2. The Morgan fingerprint density at radius 1 is 0.944 bits per heavy atom. The van der Waals surface area contributed by atoms with Crippen LogP contribution in [0.4, 0.5) is 0 Å². The summed E-state index contributed by atoms with van der Waals surface area (Å²) in [6.45, 7) is 7.12. The molecular weight excluding hydrogens is 220 g/mol. The van der Waals surface area contributed by atoms with Crippen molar-refractivity contribution in [3.8, 4) is 0 Å². The highest BCUT2D eigenvalue weighted by Crippen LogP contribution is 2.29. The fourth-order valence-electron chi connectivity index (χ4n) is 4.02. The molecule has 1 saturated carbocycles. The molecule has 0 aromatic carbocycles. The highest BCUT2D eigenvalue weighted by Gasteiger charge is 2.29. The molecule has 1 aliphatic carbocycles. The Balaban J connectivity index is 1.86. The zero-order valence-electron chi connectivity index (χ0n) is 12.5. The van der Waals surface area contributed by atoms with E-state index in [9.17, 15) is 0 Å². The third-order valence-electron chi connectivity index (χ3n) is 5.05. The maximum absolute atomic E-state index is 3.63. The molecule has 2 aliphatic rings. The van der Waals surface area contributed by atoms with Gasteiger partial charge in [-0.25, -0.2) is 0 Å². The van der Waals surface area contributed by atoms with E-state index in [1.54, 1.807) is 0 Å². The van der Waals surface area contributed by atoms with E-state index in [1.807, 2.05) is 0 Å². The van der Waals surface area contributed by atoms with E-state index >= 15 is 0 Å². The van der Waals surface area contributed by atoms with Gasteiger partial charge in [0.1, 0.15) is 0 Å². The molecule has 0 aromatic rings. The van der Waals surface area contributed by atoms with Gasteiger partial charge in [0, 0.05) is 18.1 Å². The van der Waals surface area contributed by atoms with Crippen molar-refractivity contribution in [2.45, 2.75) is 89.8 Å². The van der Waals surface area contributed by atoms with E-state index in [2.05, 4.69) is 24.1 Å². The van der Waals surface area contributed by atoms with Gasteiger partial charge in [-0.05, 0) is 58.0 Å². The smallest absolute Gasteiger partial charge is 0.00993 e. The third-order valence-corrected chi connectivity index (χ3v) is 5.05. The lowest BCUT2D eigenvalue weighted by atomic mass is 9.89. The second-order valence-corrected chi connectivity index (χ2v) is 6.21. The highest BCUT2D eigenvalue weighted by atomic mass is 15.2. The van der Waals surface area contributed by atoms with Crippen LogP contribution in [0, 0.1) is 0 Å². The standard InChI is InChI=1S/C16H32N2/c1-3-15-8-6-5-7-13-18(15)16-11-9-14(10-12-16)17-4-2/h14-17H,3-13H2,1-2H3. The van der Waals surface area contributed by atoms with E-state index in [0.29, 0.717) is 0 Å². The second-order valence-electron chi connectivity index (χ2n) is 6.21. The molecular formula is C16H32N2. The summed E-state index contributed by atoms with van der Waals surface area (Å²) in [6, 6.07) is 2.58. The van der Waals surface area contributed by atoms with Crippen LogP contribution in [0.3, 0.4) is 0 Å². The van der Waals surface area contributed by atoms with E-state index in [4.69, 9.17) is 0 Å². The summed E-state index contributed by atoms with van der Waals surface area (Å²) < 4.78 is 0. The first kappa shape index (κ1) is 14.3. The molecule has 2 nitrogen and oxygen atoms in total. The average Bonchev–Trinajstić information content (AvgIpc) is 2.65. The molecule has 0 spiro atoms. The van der Waals surface area contributed by atoms with E-state index in [1.165, 1.54) is 64.3 Å². The Morgan fingerprint density at radius 2 is 1.72 bits per heavy atom. The van der Waals surface area contributed by atoms with Crippen LogP contribution in [0.2, 0.25) is 0 Å². The molecule has 0 aromatic heterocycles. The van der Waals surface area contributed by atoms with Gasteiger partial charge < -0.3 is 5.32 Å². The molecule has 0 radical (unpaired) electrons. The van der Waals surface area contributed by atoms with Crippen LogP contribution in [-0.2, 0) is 0 Å². The molecule has 2 fully saturated rings. The molecule has 2 heteroatoms. The second kappa shape index (κ2) is 7.49. The predicted molar refractivity (Wildman–Crippen MR) is 79.0 cm³/mol. The van der Waals surface area contributed by atoms with E-state index in [0.717, 1.165) is 24.7 Å². The van der Waals surface area contributed by atoms with Gasteiger partial charge in [-0.15, -0.1) is 0 Å². The van der Waals surface area contributed by atoms with Crippen LogP contribution in [0.5, 0.6) is 0 Å². The first-order valence-corrected chi connectivity index (χ1v) is 8.34. The van der Waals surface area contributed by atoms with Gasteiger partial charge in [0.2, 0.25) is 0 Å². The van der Waals surface area contributed by atoms with Crippen molar-refractivity contribution >= 4 is 0 Å². The van der Waals surface area contributed by atoms with E-state index in [-0.39, 0.29) is 0 Å². The summed E-state index contributed by atoms with van der Waals surface area (Å²) in [5, 5.41) is 3.63. The predicted octanol–water partition coefficient (Wildman–Crippen LogP) is 3.56. The molecule has 0 amide bonds.